The minimum absolute atomic E-state index is 0.0323. The van der Waals surface area contributed by atoms with Crippen molar-refractivity contribution < 1.29 is 14.3 Å². The van der Waals surface area contributed by atoms with E-state index >= 15 is 0 Å². The van der Waals surface area contributed by atoms with E-state index in [2.05, 4.69) is 22.7 Å². The van der Waals surface area contributed by atoms with Crippen LogP contribution in [0.2, 0.25) is 0 Å². The number of ether oxygens (including phenoxy) is 1. The average molecular weight is 391 g/mol. The molecule has 1 saturated carbocycles. The first-order valence-corrected chi connectivity index (χ1v) is 10.4. The van der Waals surface area contributed by atoms with Gasteiger partial charge in [0.15, 0.2) is 0 Å². The number of pyridine rings is 1. The molecule has 2 N–H and O–H groups in total. The van der Waals surface area contributed by atoms with Crippen molar-refractivity contribution in [1.29, 1.82) is 0 Å². The Balaban J connectivity index is 2.18. The van der Waals surface area contributed by atoms with Crippen molar-refractivity contribution in [2.24, 2.45) is 5.92 Å². The second-order valence-electron chi connectivity index (χ2n) is 7.35. The molecule has 0 unspecified atom stereocenters. The van der Waals surface area contributed by atoms with Crippen LogP contribution in [0.15, 0.2) is 24.5 Å². The topological polar surface area (TPSA) is 83.6 Å². The first-order chi connectivity index (χ1) is 13.7. The molecule has 1 atom stereocenters. The number of unbranched alkanes of at least 4 members (excludes halogenated alkanes) is 1. The standard InChI is InChI=1S/C21H34N4O3/c1-3-4-15-25(24-20(26)18-10-12-22-13-11-18)19(17-8-6-5-7-9-17)21(27)23-14-16-28-2/h10-13,17,19H,3-9,14-16H2,1-2H3,(H,23,27)(H,24,26)/t19-/m1/s1. The first kappa shape index (κ1) is 22.3. The Morgan fingerprint density at radius 3 is 2.61 bits per heavy atom. The van der Waals surface area contributed by atoms with Crippen molar-refractivity contribution >= 4 is 11.8 Å². The summed E-state index contributed by atoms with van der Waals surface area (Å²) in [6.45, 7) is 3.70. The van der Waals surface area contributed by atoms with Gasteiger partial charge in [-0.3, -0.25) is 20.0 Å². The van der Waals surface area contributed by atoms with Gasteiger partial charge < -0.3 is 10.1 Å². The van der Waals surface area contributed by atoms with Crippen LogP contribution in [0.3, 0.4) is 0 Å². The lowest BCUT2D eigenvalue weighted by Gasteiger charge is -2.37. The van der Waals surface area contributed by atoms with E-state index in [1.165, 1.54) is 6.42 Å². The number of methoxy groups -OCH3 is 1. The molecule has 0 radical (unpaired) electrons. The summed E-state index contributed by atoms with van der Waals surface area (Å²) in [6.07, 6.45) is 10.6. The predicted molar refractivity (Wildman–Crippen MR) is 109 cm³/mol. The summed E-state index contributed by atoms with van der Waals surface area (Å²) in [5, 5.41) is 4.85. The zero-order valence-electron chi connectivity index (χ0n) is 17.2. The molecule has 1 heterocycles. The zero-order chi connectivity index (χ0) is 20.2. The number of carbonyl (C=O) groups is 2. The van der Waals surface area contributed by atoms with Crippen LogP contribution in [0.5, 0.6) is 0 Å². The van der Waals surface area contributed by atoms with Crippen LogP contribution in [0.1, 0.15) is 62.2 Å². The Kier molecular flexibility index (Phi) is 9.93. The summed E-state index contributed by atoms with van der Waals surface area (Å²) in [5.74, 6) is 0.00461. The molecule has 7 heteroatoms. The van der Waals surface area contributed by atoms with Crippen LogP contribution in [0.25, 0.3) is 0 Å². The highest BCUT2D eigenvalue weighted by atomic mass is 16.5. The fourth-order valence-electron chi connectivity index (χ4n) is 3.73. The Morgan fingerprint density at radius 2 is 1.96 bits per heavy atom. The van der Waals surface area contributed by atoms with Gasteiger partial charge in [-0.2, -0.15) is 0 Å². The predicted octanol–water partition coefficient (Wildman–Crippen LogP) is 2.54. The third kappa shape index (κ3) is 6.87. The van der Waals surface area contributed by atoms with Crippen LogP contribution >= 0.6 is 0 Å². The summed E-state index contributed by atoms with van der Waals surface area (Å²) >= 11 is 0. The largest absolute Gasteiger partial charge is 0.383 e. The normalized spacial score (nSPS) is 16.0. The molecular formula is C21H34N4O3. The number of hydrogen-bond donors (Lipinski definition) is 2. The summed E-state index contributed by atoms with van der Waals surface area (Å²) in [5.41, 5.74) is 3.55. The third-order valence-corrected chi connectivity index (χ3v) is 5.25. The Hall–Kier alpha value is -1.99. The number of rotatable bonds is 11. The molecule has 156 valence electrons. The summed E-state index contributed by atoms with van der Waals surface area (Å²) in [6, 6.07) is 3.00. The van der Waals surface area contributed by atoms with Crippen LogP contribution in [0, 0.1) is 5.92 Å². The number of carbonyl (C=O) groups excluding carboxylic acids is 2. The molecule has 1 aliphatic carbocycles. The smallest absolute Gasteiger partial charge is 0.265 e. The maximum Gasteiger partial charge on any atom is 0.265 e. The van der Waals surface area contributed by atoms with E-state index in [-0.39, 0.29) is 23.8 Å². The quantitative estimate of drug-likeness (QED) is 0.448. The molecule has 1 aliphatic rings. The van der Waals surface area contributed by atoms with Crippen molar-refractivity contribution in [1.82, 2.24) is 20.7 Å². The van der Waals surface area contributed by atoms with Crippen molar-refractivity contribution in [3.05, 3.63) is 30.1 Å². The van der Waals surface area contributed by atoms with Crippen LogP contribution in [-0.2, 0) is 9.53 Å². The van der Waals surface area contributed by atoms with Gasteiger partial charge in [0.25, 0.3) is 5.91 Å². The third-order valence-electron chi connectivity index (χ3n) is 5.25. The first-order valence-electron chi connectivity index (χ1n) is 10.4. The maximum absolute atomic E-state index is 13.1. The molecule has 1 fully saturated rings. The fraction of sp³-hybridized carbons (Fsp3) is 0.667. The Morgan fingerprint density at radius 1 is 1.25 bits per heavy atom. The van der Waals surface area contributed by atoms with Crippen molar-refractivity contribution in [2.75, 3.05) is 26.8 Å². The van der Waals surface area contributed by atoms with E-state index in [1.807, 2.05) is 5.01 Å². The molecule has 1 aromatic heterocycles. The molecule has 7 nitrogen and oxygen atoms in total. The van der Waals surface area contributed by atoms with Crippen LogP contribution in [0.4, 0.5) is 0 Å². The highest BCUT2D eigenvalue weighted by Gasteiger charge is 2.35. The second-order valence-corrected chi connectivity index (χ2v) is 7.35. The summed E-state index contributed by atoms with van der Waals surface area (Å²) in [4.78, 5) is 29.8. The van der Waals surface area contributed by atoms with E-state index in [0.717, 1.165) is 38.5 Å². The molecule has 2 amide bonds. The number of aromatic nitrogens is 1. The number of hydrogen-bond acceptors (Lipinski definition) is 5. The minimum Gasteiger partial charge on any atom is -0.383 e. The molecule has 2 rings (SSSR count). The summed E-state index contributed by atoms with van der Waals surface area (Å²) in [7, 11) is 1.62. The lowest BCUT2D eigenvalue weighted by Crippen LogP contribution is -2.58. The highest BCUT2D eigenvalue weighted by Crippen LogP contribution is 2.29. The van der Waals surface area contributed by atoms with Gasteiger partial charge in [0.1, 0.15) is 6.04 Å². The molecule has 0 spiro atoms. The SMILES string of the molecule is CCCCN(NC(=O)c1ccncc1)[C@@H](C(=O)NCCOC)C1CCCCC1. The molecule has 28 heavy (non-hydrogen) atoms. The number of nitrogens with zero attached hydrogens (tertiary/aromatic N) is 2. The summed E-state index contributed by atoms with van der Waals surface area (Å²) < 4.78 is 5.06. The van der Waals surface area contributed by atoms with Crippen molar-refractivity contribution in [3.63, 3.8) is 0 Å². The highest BCUT2D eigenvalue weighted by molar-refractivity contribution is 5.94. The van der Waals surface area contributed by atoms with Gasteiger partial charge in [-0.25, -0.2) is 5.01 Å². The van der Waals surface area contributed by atoms with Crippen LogP contribution in [-0.4, -0.2) is 54.7 Å². The van der Waals surface area contributed by atoms with E-state index in [4.69, 9.17) is 4.74 Å². The van der Waals surface area contributed by atoms with E-state index in [1.54, 1.807) is 31.6 Å². The average Bonchev–Trinajstić information content (AvgIpc) is 2.73. The number of amides is 2. The molecule has 0 aromatic carbocycles. The Bertz CT molecular complexity index is 591. The molecule has 0 bridgehead atoms. The van der Waals surface area contributed by atoms with Gasteiger partial charge in [-0.1, -0.05) is 32.6 Å². The van der Waals surface area contributed by atoms with Crippen molar-refractivity contribution in [2.45, 2.75) is 57.9 Å². The fourth-order valence-corrected chi connectivity index (χ4v) is 3.73. The molecular weight excluding hydrogens is 356 g/mol. The van der Waals surface area contributed by atoms with Gasteiger partial charge in [0, 0.05) is 38.2 Å². The number of hydrazine groups is 1. The lowest BCUT2D eigenvalue weighted by atomic mass is 9.83. The monoisotopic (exact) mass is 390 g/mol. The van der Waals surface area contributed by atoms with E-state index in [9.17, 15) is 9.59 Å². The van der Waals surface area contributed by atoms with Gasteiger partial charge in [-0.15, -0.1) is 0 Å². The van der Waals surface area contributed by atoms with Crippen molar-refractivity contribution in [3.8, 4) is 0 Å². The van der Waals surface area contributed by atoms with E-state index in [0.29, 0.717) is 25.3 Å². The maximum atomic E-state index is 13.1. The number of nitrogens with one attached hydrogen (secondary N) is 2. The van der Waals surface area contributed by atoms with Gasteiger partial charge in [-0.05, 0) is 37.3 Å². The van der Waals surface area contributed by atoms with Gasteiger partial charge in [0.2, 0.25) is 5.91 Å². The van der Waals surface area contributed by atoms with Crippen LogP contribution < -0.4 is 10.7 Å². The van der Waals surface area contributed by atoms with Gasteiger partial charge in [0.05, 0.1) is 6.61 Å². The molecule has 0 saturated heterocycles. The zero-order valence-corrected chi connectivity index (χ0v) is 17.2. The molecule has 0 aliphatic heterocycles. The van der Waals surface area contributed by atoms with E-state index < -0.39 is 0 Å². The Labute approximate surface area is 168 Å². The minimum atomic E-state index is -0.366. The lowest BCUT2D eigenvalue weighted by molar-refractivity contribution is -0.130. The molecule has 1 aromatic rings. The second kappa shape index (κ2) is 12.5. The van der Waals surface area contributed by atoms with Gasteiger partial charge >= 0.3 is 0 Å².